The third kappa shape index (κ3) is 5.05. The number of hydrogen-bond acceptors (Lipinski definition) is 3. The molecule has 3 heteroatoms. The number of nitrogens with zero attached hydrogens (tertiary/aromatic N) is 2. The van der Waals surface area contributed by atoms with Crippen molar-refractivity contribution in [2.75, 3.05) is 39.8 Å². The zero-order valence-electron chi connectivity index (χ0n) is 13.8. The van der Waals surface area contributed by atoms with Gasteiger partial charge >= 0.3 is 0 Å². The van der Waals surface area contributed by atoms with Gasteiger partial charge < -0.3 is 10.6 Å². The highest BCUT2D eigenvalue weighted by Crippen LogP contribution is 2.30. The molecule has 1 aliphatic heterocycles. The molecule has 0 aromatic rings. The molecule has 1 heterocycles. The molecule has 0 radical (unpaired) electrons. The van der Waals surface area contributed by atoms with Gasteiger partial charge in [0.1, 0.15) is 0 Å². The van der Waals surface area contributed by atoms with Crippen LogP contribution < -0.4 is 5.73 Å². The van der Waals surface area contributed by atoms with Crippen LogP contribution in [0.3, 0.4) is 0 Å². The van der Waals surface area contributed by atoms with Crippen LogP contribution in [0.5, 0.6) is 0 Å². The summed E-state index contributed by atoms with van der Waals surface area (Å²) < 4.78 is 0. The van der Waals surface area contributed by atoms with Crippen molar-refractivity contribution in [1.82, 2.24) is 9.80 Å². The Balaban J connectivity index is 2.69. The molecule has 1 rings (SSSR count). The van der Waals surface area contributed by atoms with E-state index in [4.69, 9.17) is 5.73 Å². The second kappa shape index (κ2) is 7.05. The lowest BCUT2D eigenvalue weighted by atomic mass is 9.86. The molecule has 0 aliphatic carbocycles. The van der Waals surface area contributed by atoms with Crippen molar-refractivity contribution in [2.45, 2.75) is 58.9 Å². The minimum absolute atomic E-state index is 0.218. The van der Waals surface area contributed by atoms with Crippen molar-refractivity contribution in [2.24, 2.45) is 11.1 Å². The SMILES string of the molecule is CCCN1CCCC(CN)(N(C)CC(C)(C)C)CC1. The summed E-state index contributed by atoms with van der Waals surface area (Å²) in [5.74, 6) is 0. The normalized spacial score (nSPS) is 26.7. The van der Waals surface area contributed by atoms with Gasteiger partial charge in [0.05, 0.1) is 0 Å². The molecular formula is C16H35N3. The Labute approximate surface area is 120 Å². The van der Waals surface area contributed by atoms with E-state index in [-0.39, 0.29) is 5.54 Å². The summed E-state index contributed by atoms with van der Waals surface area (Å²) in [6, 6.07) is 0. The van der Waals surface area contributed by atoms with E-state index >= 15 is 0 Å². The van der Waals surface area contributed by atoms with Crippen LogP contribution in [0, 0.1) is 5.41 Å². The molecule has 0 aromatic carbocycles. The van der Waals surface area contributed by atoms with Gasteiger partial charge in [0.15, 0.2) is 0 Å². The van der Waals surface area contributed by atoms with Crippen LogP contribution in [0.4, 0.5) is 0 Å². The predicted octanol–water partition coefficient (Wildman–Crippen LogP) is 2.56. The summed E-state index contributed by atoms with van der Waals surface area (Å²) in [6.45, 7) is 14.8. The lowest BCUT2D eigenvalue weighted by molar-refractivity contribution is 0.0722. The Morgan fingerprint density at radius 3 is 2.42 bits per heavy atom. The largest absolute Gasteiger partial charge is 0.329 e. The quantitative estimate of drug-likeness (QED) is 0.832. The van der Waals surface area contributed by atoms with Gasteiger partial charge in [-0.15, -0.1) is 0 Å². The maximum absolute atomic E-state index is 6.19. The first-order chi connectivity index (χ1) is 8.83. The zero-order valence-corrected chi connectivity index (χ0v) is 13.8. The van der Waals surface area contributed by atoms with E-state index in [1.54, 1.807) is 0 Å². The average molecular weight is 269 g/mol. The van der Waals surface area contributed by atoms with E-state index in [0.29, 0.717) is 5.41 Å². The molecule has 2 N–H and O–H groups in total. The molecule has 0 aromatic heterocycles. The molecule has 0 spiro atoms. The summed E-state index contributed by atoms with van der Waals surface area (Å²) >= 11 is 0. The van der Waals surface area contributed by atoms with Crippen molar-refractivity contribution >= 4 is 0 Å². The molecule has 0 bridgehead atoms. The van der Waals surface area contributed by atoms with Crippen LogP contribution in [0.2, 0.25) is 0 Å². The summed E-state index contributed by atoms with van der Waals surface area (Å²) in [6.07, 6.45) is 5.01. The van der Waals surface area contributed by atoms with E-state index in [2.05, 4.69) is 44.5 Å². The molecule has 3 nitrogen and oxygen atoms in total. The van der Waals surface area contributed by atoms with Gasteiger partial charge in [-0.2, -0.15) is 0 Å². The lowest BCUT2D eigenvalue weighted by Crippen LogP contribution is -2.54. The maximum atomic E-state index is 6.19. The van der Waals surface area contributed by atoms with Crippen LogP contribution in [0.15, 0.2) is 0 Å². The first-order valence-electron chi connectivity index (χ1n) is 7.97. The third-order valence-corrected chi connectivity index (χ3v) is 4.45. The van der Waals surface area contributed by atoms with Crippen LogP contribution >= 0.6 is 0 Å². The molecule has 0 saturated carbocycles. The second-order valence-corrected chi connectivity index (χ2v) is 7.54. The third-order valence-electron chi connectivity index (χ3n) is 4.45. The van der Waals surface area contributed by atoms with Crippen molar-refractivity contribution in [3.8, 4) is 0 Å². The molecule has 19 heavy (non-hydrogen) atoms. The van der Waals surface area contributed by atoms with Crippen molar-refractivity contribution < 1.29 is 0 Å². The topological polar surface area (TPSA) is 32.5 Å². The minimum atomic E-state index is 0.218. The first kappa shape index (κ1) is 16.9. The van der Waals surface area contributed by atoms with Crippen LogP contribution in [0.25, 0.3) is 0 Å². The molecule has 1 atom stereocenters. The zero-order chi connectivity index (χ0) is 14.5. The number of nitrogens with two attached hydrogens (primary N) is 1. The van der Waals surface area contributed by atoms with Gasteiger partial charge in [-0.3, -0.25) is 4.90 Å². The molecule has 1 unspecified atom stereocenters. The summed E-state index contributed by atoms with van der Waals surface area (Å²) in [5.41, 5.74) is 6.74. The van der Waals surface area contributed by atoms with E-state index in [9.17, 15) is 0 Å². The van der Waals surface area contributed by atoms with Gasteiger partial charge in [0.25, 0.3) is 0 Å². The van der Waals surface area contributed by atoms with Crippen LogP contribution in [-0.4, -0.2) is 55.1 Å². The fraction of sp³-hybridized carbons (Fsp3) is 1.00. The second-order valence-electron chi connectivity index (χ2n) is 7.54. The molecule has 1 aliphatic rings. The van der Waals surface area contributed by atoms with Crippen LogP contribution in [-0.2, 0) is 0 Å². The smallest absolute Gasteiger partial charge is 0.0341 e. The minimum Gasteiger partial charge on any atom is -0.329 e. The molecule has 0 amide bonds. The lowest BCUT2D eigenvalue weighted by Gasteiger charge is -2.43. The highest BCUT2D eigenvalue weighted by molar-refractivity contribution is 4.94. The fourth-order valence-corrected chi connectivity index (χ4v) is 3.40. The average Bonchev–Trinajstić information content (AvgIpc) is 2.51. The van der Waals surface area contributed by atoms with Gasteiger partial charge in [0, 0.05) is 18.6 Å². The molecule has 114 valence electrons. The summed E-state index contributed by atoms with van der Waals surface area (Å²) in [5, 5.41) is 0. The van der Waals surface area contributed by atoms with Crippen LogP contribution in [0.1, 0.15) is 53.4 Å². The highest BCUT2D eigenvalue weighted by Gasteiger charge is 2.36. The van der Waals surface area contributed by atoms with E-state index in [0.717, 1.165) is 13.1 Å². The van der Waals surface area contributed by atoms with E-state index < -0.39 is 0 Å². The number of likely N-dealkylation sites (N-methyl/N-ethyl adjacent to an activating group) is 1. The Kier molecular flexibility index (Phi) is 6.28. The van der Waals surface area contributed by atoms with Crippen molar-refractivity contribution in [3.63, 3.8) is 0 Å². The number of likely N-dealkylation sites (tertiary alicyclic amines) is 1. The van der Waals surface area contributed by atoms with Gasteiger partial charge in [-0.25, -0.2) is 0 Å². The summed E-state index contributed by atoms with van der Waals surface area (Å²) in [4.78, 5) is 5.16. The van der Waals surface area contributed by atoms with Crippen molar-refractivity contribution in [3.05, 3.63) is 0 Å². The molecule has 1 saturated heterocycles. The monoisotopic (exact) mass is 269 g/mol. The summed E-state index contributed by atoms with van der Waals surface area (Å²) in [7, 11) is 2.27. The first-order valence-corrected chi connectivity index (χ1v) is 7.97. The maximum Gasteiger partial charge on any atom is 0.0341 e. The van der Waals surface area contributed by atoms with Gasteiger partial charge in [0.2, 0.25) is 0 Å². The Morgan fingerprint density at radius 2 is 1.89 bits per heavy atom. The predicted molar refractivity (Wildman–Crippen MR) is 84.5 cm³/mol. The number of rotatable bonds is 5. The highest BCUT2D eigenvalue weighted by atomic mass is 15.2. The van der Waals surface area contributed by atoms with Gasteiger partial charge in [-0.05, 0) is 57.8 Å². The van der Waals surface area contributed by atoms with E-state index in [1.165, 1.54) is 45.3 Å². The molecule has 1 fully saturated rings. The molecular weight excluding hydrogens is 234 g/mol. The van der Waals surface area contributed by atoms with Crippen molar-refractivity contribution in [1.29, 1.82) is 0 Å². The Hall–Kier alpha value is -0.120. The Bertz CT molecular complexity index is 259. The fourth-order valence-electron chi connectivity index (χ4n) is 3.40. The van der Waals surface area contributed by atoms with E-state index in [1.807, 2.05) is 0 Å². The van der Waals surface area contributed by atoms with Gasteiger partial charge in [-0.1, -0.05) is 27.7 Å². The standard InChI is InChI=1S/C16H35N3/c1-6-10-19-11-7-8-16(13-17,9-12-19)18(5)14-15(2,3)4/h6-14,17H2,1-5H3. The number of hydrogen-bond donors (Lipinski definition) is 1. The Morgan fingerprint density at radius 1 is 1.21 bits per heavy atom.